The van der Waals surface area contributed by atoms with Gasteiger partial charge in [0.2, 0.25) is 5.95 Å². The van der Waals surface area contributed by atoms with Crippen molar-refractivity contribution in [3.05, 3.63) is 16.8 Å². The Hall–Kier alpha value is -1.27. The normalized spacial score (nSPS) is 21.3. The number of aromatic nitrogens is 2. The van der Waals surface area contributed by atoms with Gasteiger partial charge in [-0.2, -0.15) is 0 Å². The topological polar surface area (TPSA) is 73.1 Å². The highest BCUT2D eigenvalue weighted by atomic mass is 32.2. The van der Waals surface area contributed by atoms with Gasteiger partial charge < -0.3 is 15.8 Å². The fraction of sp³-hybridized carbons (Fsp3) is 0.500. The third-order valence-electron chi connectivity index (χ3n) is 3.07. The first-order valence-corrected chi connectivity index (χ1v) is 7.02. The summed E-state index contributed by atoms with van der Waals surface area (Å²) in [4.78, 5) is 10.1. The molecule has 1 aromatic heterocycles. The molecule has 96 valence electrons. The Morgan fingerprint density at radius 1 is 1.61 bits per heavy atom. The lowest BCUT2D eigenvalue weighted by atomic mass is 10.0. The fourth-order valence-corrected chi connectivity index (χ4v) is 3.41. The van der Waals surface area contributed by atoms with Gasteiger partial charge in [0.25, 0.3) is 0 Å². The minimum Gasteiger partial charge on any atom is -0.484 e. The lowest BCUT2D eigenvalue weighted by molar-refractivity contribution is 0.350. The molecule has 1 unspecified atom stereocenters. The van der Waals surface area contributed by atoms with Crippen LogP contribution in [0.5, 0.6) is 5.75 Å². The number of nitrogens with one attached hydrogen (secondary N) is 1. The van der Waals surface area contributed by atoms with E-state index >= 15 is 0 Å². The van der Waals surface area contributed by atoms with Gasteiger partial charge in [-0.3, -0.25) is 0 Å². The minimum absolute atomic E-state index is 0.460. The van der Waals surface area contributed by atoms with Gasteiger partial charge in [0.1, 0.15) is 12.3 Å². The molecule has 0 aromatic carbocycles. The second-order valence-electron chi connectivity index (χ2n) is 4.31. The van der Waals surface area contributed by atoms with Crippen LogP contribution in [0.15, 0.2) is 11.1 Å². The first kappa shape index (κ1) is 11.8. The Labute approximate surface area is 110 Å². The van der Waals surface area contributed by atoms with Gasteiger partial charge in [-0.25, -0.2) is 9.97 Å². The van der Waals surface area contributed by atoms with Crippen molar-refractivity contribution in [3.63, 3.8) is 0 Å². The quantitative estimate of drug-likeness (QED) is 0.861. The van der Waals surface area contributed by atoms with Crippen LogP contribution in [-0.4, -0.2) is 34.9 Å². The van der Waals surface area contributed by atoms with Crippen LogP contribution >= 0.6 is 11.8 Å². The summed E-state index contributed by atoms with van der Waals surface area (Å²) in [5, 5.41) is 3.59. The highest BCUT2D eigenvalue weighted by Crippen LogP contribution is 2.46. The van der Waals surface area contributed by atoms with E-state index in [4.69, 9.17) is 10.5 Å². The molecule has 2 aliphatic heterocycles. The molecule has 3 N–H and O–H groups in total. The van der Waals surface area contributed by atoms with Gasteiger partial charge in [-0.15, -0.1) is 11.8 Å². The number of hydrogen-bond acceptors (Lipinski definition) is 6. The summed E-state index contributed by atoms with van der Waals surface area (Å²) in [6.45, 7) is 4.16. The average Bonchev–Trinajstić information content (AvgIpc) is 2.82. The van der Waals surface area contributed by atoms with Gasteiger partial charge in [0, 0.05) is 23.2 Å². The number of anilines is 1. The molecule has 0 amide bonds. The molecule has 1 atom stereocenters. The third-order valence-corrected chi connectivity index (χ3v) is 4.42. The van der Waals surface area contributed by atoms with E-state index in [9.17, 15) is 0 Å². The Balaban J connectivity index is 1.96. The molecule has 5 nitrogen and oxygen atoms in total. The van der Waals surface area contributed by atoms with E-state index in [1.165, 1.54) is 10.5 Å². The monoisotopic (exact) mass is 264 g/mol. The van der Waals surface area contributed by atoms with Crippen LogP contribution in [-0.2, 0) is 0 Å². The zero-order valence-corrected chi connectivity index (χ0v) is 11.1. The number of allylic oxidation sites excluding steroid dienone is 1. The van der Waals surface area contributed by atoms with E-state index in [0.29, 0.717) is 24.3 Å². The summed E-state index contributed by atoms with van der Waals surface area (Å²) < 4.78 is 5.69. The van der Waals surface area contributed by atoms with Gasteiger partial charge in [0.05, 0.1) is 6.20 Å². The smallest absolute Gasteiger partial charge is 0.223 e. The molecule has 1 aromatic rings. The standard InChI is InChI=1S/C12H16N4OS/c1-2-14-12-15-5-9-11(16-12)8-3-7(4-13)18-10(8)6-17-9/h5,7H,2-4,6,13H2,1H3,(H,14,15,16). The Morgan fingerprint density at radius 3 is 3.28 bits per heavy atom. The largest absolute Gasteiger partial charge is 0.484 e. The molecular weight excluding hydrogens is 248 g/mol. The van der Waals surface area contributed by atoms with Crippen LogP contribution in [0.3, 0.4) is 0 Å². The molecule has 0 saturated carbocycles. The van der Waals surface area contributed by atoms with Crippen LogP contribution in [0.1, 0.15) is 19.0 Å². The van der Waals surface area contributed by atoms with Gasteiger partial charge in [0.15, 0.2) is 5.75 Å². The van der Waals surface area contributed by atoms with Crippen molar-refractivity contribution < 1.29 is 4.74 Å². The van der Waals surface area contributed by atoms with E-state index in [-0.39, 0.29) is 0 Å². The zero-order chi connectivity index (χ0) is 12.5. The second-order valence-corrected chi connectivity index (χ2v) is 5.70. The average molecular weight is 264 g/mol. The van der Waals surface area contributed by atoms with Gasteiger partial charge in [-0.05, 0) is 18.9 Å². The van der Waals surface area contributed by atoms with E-state index in [2.05, 4.69) is 15.3 Å². The van der Waals surface area contributed by atoms with Crippen molar-refractivity contribution in [2.75, 3.05) is 25.0 Å². The molecule has 3 rings (SSSR count). The number of hydrogen-bond donors (Lipinski definition) is 2. The summed E-state index contributed by atoms with van der Waals surface area (Å²) in [7, 11) is 0. The molecule has 0 bridgehead atoms. The maximum absolute atomic E-state index is 5.75. The van der Waals surface area contributed by atoms with E-state index in [1.807, 2.05) is 18.7 Å². The van der Waals surface area contributed by atoms with Gasteiger partial charge in [-0.1, -0.05) is 0 Å². The van der Waals surface area contributed by atoms with Crippen molar-refractivity contribution in [1.82, 2.24) is 9.97 Å². The van der Waals surface area contributed by atoms with Crippen molar-refractivity contribution in [3.8, 4) is 5.75 Å². The Kier molecular flexibility index (Phi) is 3.13. The number of ether oxygens (including phenoxy) is 1. The third kappa shape index (κ3) is 1.95. The zero-order valence-electron chi connectivity index (χ0n) is 10.3. The van der Waals surface area contributed by atoms with Crippen LogP contribution in [0, 0.1) is 0 Å². The number of nitrogens with zero attached hydrogens (tertiary/aromatic N) is 2. The van der Waals surface area contributed by atoms with Crippen molar-refractivity contribution in [1.29, 1.82) is 0 Å². The van der Waals surface area contributed by atoms with Crippen molar-refractivity contribution in [2.45, 2.75) is 18.6 Å². The summed E-state index contributed by atoms with van der Waals surface area (Å²) in [6, 6.07) is 0. The second kappa shape index (κ2) is 4.78. The van der Waals surface area contributed by atoms with E-state index < -0.39 is 0 Å². The summed E-state index contributed by atoms with van der Waals surface area (Å²) in [5.41, 5.74) is 7.98. The highest BCUT2D eigenvalue weighted by molar-refractivity contribution is 8.04. The molecule has 3 heterocycles. The minimum atomic E-state index is 0.460. The molecule has 0 saturated heterocycles. The molecule has 0 aliphatic carbocycles. The molecule has 6 heteroatoms. The molecule has 18 heavy (non-hydrogen) atoms. The first-order valence-electron chi connectivity index (χ1n) is 6.14. The maximum Gasteiger partial charge on any atom is 0.223 e. The van der Waals surface area contributed by atoms with Gasteiger partial charge >= 0.3 is 0 Å². The number of rotatable bonds is 3. The molecule has 0 fully saturated rings. The van der Waals surface area contributed by atoms with Crippen molar-refractivity contribution in [2.24, 2.45) is 5.73 Å². The highest BCUT2D eigenvalue weighted by Gasteiger charge is 2.31. The lowest BCUT2D eigenvalue weighted by Gasteiger charge is -2.18. The number of thioether (sulfide) groups is 1. The van der Waals surface area contributed by atoms with Crippen LogP contribution in [0.25, 0.3) is 5.57 Å². The number of nitrogens with two attached hydrogens (primary N) is 1. The fourth-order valence-electron chi connectivity index (χ4n) is 2.22. The van der Waals surface area contributed by atoms with E-state index in [0.717, 1.165) is 24.4 Å². The molecule has 0 radical (unpaired) electrons. The first-order chi connectivity index (χ1) is 8.81. The molecular formula is C12H16N4OS. The van der Waals surface area contributed by atoms with Crippen molar-refractivity contribution >= 4 is 23.3 Å². The molecule has 0 spiro atoms. The lowest BCUT2D eigenvalue weighted by Crippen LogP contribution is -2.14. The van der Waals surface area contributed by atoms with Crippen LogP contribution in [0.2, 0.25) is 0 Å². The van der Waals surface area contributed by atoms with E-state index in [1.54, 1.807) is 6.20 Å². The summed E-state index contributed by atoms with van der Waals surface area (Å²) in [6.07, 6.45) is 2.74. The summed E-state index contributed by atoms with van der Waals surface area (Å²) in [5.74, 6) is 1.45. The SMILES string of the molecule is CCNc1ncc2c(n1)C1=C(CO2)SC(CN)C1. The predicted molar refractivity (Wildman–Crippen MR) is 73.7 cm³/mol. The van der Waals surface area contributed by atoms with Crippen LogP contribution < -0.4 is 15.8 Å². The number of fused-ring (bicyclic) bond motifs is 2. The Morgan fingerprint density at radius 2 is 2.50 bits per heavy atom. The van der Waals surface area contributed by atoms with Crippen LogP contribution in [0.4, 0.5) is 5.95 Å². The predicted octanol–water partition coefficient (Wildman–Crippen LogP) is 1.48. The molecule has 2 aliphatic rings. The maximum atomic E-state index is 5.75. The Bertz CT molecular complexity index is 503. The summed E-state index contributed by atoms with van der Waals surface area (Å²) >= 11 is 1.83.